The van der Waals surface area contributed by atoms with Crippen molar-refractivity contribution in [2.75, 3.05) is 31.2 Å². The van der Waals surface area contributed by atoms with E-state index < -0.39 is 0 Å². The molecular formula is C14H21NO2. The summed E-state index contributed by atoms with van der Waals surface area (Å²) in [5, 5.41) is 8.77. The van der Waals surface area contributed by atoms with Gasteiger partial charge in [0, 0.05) is 19.7 Å². The Bertz CT molecular complexity index is 341. The molecule has 1 N–H and O–H groups in total. The minimum Gasteiger partial charge on any atom is -0.491 e. The summed E-state index contributed by atoms with van der Waals surface area (Å²) in [7, 11) is 0. The first kappa shape index (κ1) is 12.2. The minimum atomic E-state index is 0.305. The van der Waals surface area contributed by atoms with Crippen LogP contribution in [0.5, 0.6) is 5.75 Å². The molecule has 1 aliphatic heterocycles. The van der Waals surface area contributed by atoms with E-state index >= 15 is 0 Å². The van der Waals surface area contributed by atoms with Crippen LogP contribution in [0, 0.1) is 0 Å². The van der Waals surface area contributed by atoms with Gasteiger partial charge < -0.3 is 14.7 Å². The van der Waals surface area contributed by atoms with E-state index in [4.69, 9.17) is 9.84 Å². The fourth-order valence-corrected chi connectivity index (χ4v) is 2.22. The number of para-hydroxylation sites is 2. The number of benzene rings is 1. The number of anilines is 1. The molecule has 0 atom stereocenters. The van der Waals surface area contributed by atoms with Crippen LogP contribution in [0.25, 0.3) is 0 Å². The Balaban J connectivity index is 1.97. The molecule has 0 aliphatic carbocycles. The Kier molecular flexibility index (Phi) is 4.68. The highest BCUT2D eigenvalue weighted by Crippen LogP contribution is 2.30. The summed E-state index contributed by atoms with van der Waals surface area (Å²) in [4.78, 5) is 2.40. The van der Waals surface area contributed by atoms with Gasteiger partial charge in [-0.3, -0.25) is 0 Å². The molecule has 0 bridgehead atoms. The van der Waals surface area contributed by atoms with Gasteiger partial charge in [0.15, 0.2) is 0 Å². The van der Waals surface area contributed by atoms with Crippen molar-refractivity contribution in [3.05, 3.63) is 24.3 Å². The van der Waals surface area contributed by atoms with Crippen molar-refractivity contribution in [3.63, 3.8) is 0 Å². The van der Waals surface area contributed by atoms with Crippen LogP contribution < -0.4 is 9.64 Å². The molecule has 0 fully saturated rings. The number of aliphatic hydroxyl groups excluding tert-OH is 1. The molecule has 0 radical (unpaired) electrons. The van der Waals surface area contributed by atoms with Crippen LogP contribution in [0.2, 0.25) is 0 Å². The molecule has 94 valence electrons. The zero-order valence-corrected chi connectivity index (χ0v) is 10.3. The molecule has 0 saturated heterocycles. The van der Waals surface area contributed by atoms with Gasteiger partial charge in [-0.15, -0.1) is 0 Å². The second kappa shape index (κ2) is 6.50. The topological polar surface area (TPSA) is 32.7 Å². The predicted molar refractivity (Wildman–Crippen MR) is 69.7 cm³/mol. The van der Waals surface area contributed by atoms with Crippen LogP contribution in [0.15, 0.2) is 24.3 Å². The maximum Gasteiger partial charge on any atom is 0.142 e. The van der Waals surface area contributed by atoms with Crippen LogP contribution in [0.1, 0.15) is 25.7 Å². The number of hydrogen-bond donors (Lipinski definition) is 1. The summed E-state index contributed by atoms with van der Waals surface area (Å²) < 4.78 is 5.72. The van der Waals surface area contributed by atoms with E-state index in [9.17, 15) is 0 Å². The summed E-state index contributed by atoms with van der Waals surface area (Å²) in [6, 6.07) is 8.26. The van der Waals surface area contributed by atoms with Crippen molar-refractivity contribution in [2.24, 2.45) is 0 Å². The number of rotatable bonds is 5. The van der Waals surface area contributed by atoms with Crippen molar-refractivity contribution in [3.8, 4) is 5.75 Å². The van der Waals surface area contributed by atoms with E-state index in [1.165, 1.54) is 5.69 Å². The maximum atomic E-state index is 8.77. The molecule has 0 spiro atoms. The predicted octanol–water partition coefficient (Wildman–Crippen LogP) is 2.44. The van der Waals surface area contributed by atoms with Crippen molar-refractivity contribution in [1.82, 2.24) is 0 Å². The van der Waals surface area contributed by atoms with Crippen molar-refractivity contribution in [2.45, 2.75) is 25.7 Å². The van der Waals surface area contributed by atoms with Gasteiger partial charge in [-0.2, -0.15) is 0 Å². The molecule has 1 aliphatic rings. The lowest BCUT2D eigenvalue weighted by Gasteiger charge is -2.23. The first-order chi connectivity index (χ1) is 8.42. The average Bonchev–Trinajstić information content (AvgIpc) is 2.57. The Labute approximate surface area is 103 Å². The molecule has 1 aromatic carbocycles. The zero-order valence-electron chi connectivity index (χ0n) is 10.3. The number of unbranched alkanes of at least 4 members (excludes halogenated alkanes) is 2. The largest absolute Gasteiger partial charge is 0.491 e. The highest BCUT2D eigenvalue weighted by Gasteiger charge is 2.14. The van der Waals surface area contributed by atoms with E-state index in [-0.39, 0.29) is 0 Å². The number of nitrogens with zero attached hydrogens (tertiary/aromatic N) is 1. The second-order valence-corrected chi connectivity index (χ2v) is 4.44. The fraction of sp³-hybridized carbons (Fsp3) is 0.571. The van der Waals surface area contributed by atoms with E-state index in [0.29, 0.717) is 6.61 Å². The van der Waals surface area contributed by atoms with Gasteiger partial charge in [0.1, 0.15) is 5.75 Å². The minimum absolute atomic E-state index is 0.305. The summed E-state index contributed by atoms with van der Waals surface area (Å²) in [5.74, 6) is 1.01. The Morgan fingerprint density at radius 2 is 2.06 bits per heavy atom. The smallest absolute Gasteiger partial charge is 0.142 e. The summed E-state index contributed by atoms with van der Waals surface area (Å²) in [6.45, 7) is 3.24. The van der Waals surface area contributed by atoms with E-state index in [1.807, 2.05) is 12.1 Å². The Hall–Kier alpha value is -1.22. The average molecular weight is 235 g/mol. The fourth-order valence-electron chi connectivity index (χ4n) is 2.22. The maximum absolute atomic E-state index is 8.77. The third kappa shape index (κ3) is 3.37. The van der Waals surface area contributed by atoms with Crippen LogP contribution in [0.3, 0.4) is 0 Å². The number of aliphatic hydroxyl groups is 1. The lowest BCUT2D eigenvalue weighted by Crippen LogP contribution is -2.25. The van der Waals surface area contributed by atoms with Gasteiger partial charge in [0.2, 0.25) is 0 Å². The molecule has 0 unspecified atom stereocenters. The van der Waals surface area contributed by atoms with Crippen LogP contribution in [-0.4, -0.2) is 31.4 Å². The van der Waals surface area contributed by atoms with Gasteiger partial charge in [0.05, 0.1) is 12.3 Å². The lowest BCUT2D eigenvalue weighted by molar-refractivity contribution is 0.283. The van der Waals surface area contributed by atoms with Gasteiger partial charge >= 0.3 is 0 Å². The standard InChI is InChI=1S/C14H21NO2/c16-11-5-1-4-9-15-10-6-12-17-14-8-3-2-7-13(14)15/h2-3,7-8,16H,1,4-6,9-12H2. The second-order valence-electron chi connectivity index (χ2n) is 4.44. The summed E-state index contributed by atoms with van der Waals surface area (Å²) in [6.07, 6.45) is 4.21. The summed E-state index contributed by atoms with van der Waals surface area (Å²) in [5.41, 5.74) is 1.22. The van der Waals surface area contributed by atoms with E-state index in [2.05, 4.69) is 17.0 Å². The van der Waals surface area contributed by atoms with Gasteiger partial charge in [-0.1, -0.05) is 12.1 Å². The van der Waals surface area contributed by atoms with Crippen LogP contribution in [-0.2, 0) is 0 Å². The quantitative estimate of drug-likeness (QED) is 0.796. The molecule has 0 aromatic heterocycles. The normalized spacial score (nSPS) is 15.0. The molecular weight excluding hydrogens is 214 g/mol. The van der Waals surface area contributed by atoms with Crippen molar-refractivity contribution in [1.29, 1.82) is 0 Å². The first-order valence-corrected chi connectivity index (χ1v) is 6.49. The molecule has 0 saturated carbocycles. The molecule has 17 heavy (non-hydrogen) atoms. The monoisotopic (exact) mass is 235 g/mol. The molecule has 3 nitrogen and oxygen atoms in total. The third-order valence-corrected chi connectivity index (χ3v) is 3.12. The van der Waals surface area contributed by atoms with E-state index in [0.717, 1.165) is 51.1 Å². The highest BCUT2D eigenvalue weighted by atomic mass is 16.5. The highest BCUT2D eigenvalue weighted by molar-refractivity contribution is 5.58. The van der Waals surface area contributed by atoms with Crippen LogP contribution >= 0.6 is 0 Å². The molecule has 0 amide bonds. The Morgan fingerprint density at radius 3 is 2.94 bits per heavy atom. The lowest BCUT2D eigenvalue weighted by atomic mass is 10.2. The number of ether oxygens (including phenoxy) is 1. The zero-order chi connectivity index (χ0) is 11.9. The molecule has 1 aromatic rings. The van der Waals surface area contributed by atoms with E-state index in [1.54, 1.807) is 0 Å². The molecule has 2 rings (SSSR count). The Morgan fingerprint density at radius 1 is 1.18 bits per heavy atom. The van der Waals surface area contributed by atoms with Crippen molar-refractivity contribution >= 4 is 5.69 Å². The third-order valence-electron chi connectivity index (χ3n) is 3.12. The SMILES string of the molecule is OCCCCCN1CCCOc2ccccc21. The van der Waals surface area contributed by atoms with Crippen LogP contribution in [0.4, 0.5) is 5.69 Å². The molecule has 3 heteroatoms. The number of fused-ring (bicyclic) bond motifs is 1. The first-order valence-electron chi connectivity index (χ1n) is 6.49. The van der Waals surface area contributed by atoms with Gasteiger partial charge in [0.25, 0.3) is 0 Å². The summed E-state index contributed by atoms with van der Waals surface area (Å²) >= 11 is 0. The van der Waals surface area contributed by atoms with Gasteiger partial charge in [-0.05, 0) is 37.8 Å². The number of hydrogen-bond acceptors (Lipinski definition) is 3. The van der Waals surface area contributed by atoms with Gasteiger partial charge in [-0.25, -0.2) is 0 Å². The van der Waals surface area contributed by atoms with Crippen molar-refractivity contribution < 1.29 is 9.84 Å². The molecule has 1 heterocycles.